The molecule has 0 atom stereocenters. The van der Waals surface area contributed by atoms with Crippen molar-refractivity contribution in [3.63, 3.8) is 0 Å². The van der Waals surface area contributed by atoms with E-state index in [9.17, 15) is 13.2 Å². The van der Waals surface area contributed by atoms with Crippen LogP contribution in [0.15, 0.2) is 35.2 Å². The van der Waals surface area contributed by atoms with Gasteiger partial charge in [-0.2, -0.15) is 0 Å². The van der Waals surface area contributed by atoms with Gasteiger partial charge in [-0.1, -0.05) is 29.3 Å². The number of carbonyl (C=O) groups excluding carboxylic acids is 1. The number of nitrogens with zero attached hydrogens (tertiary/aromatic N) is 1. The Bertz CT molecular complexity index is 957. The lowest BCUT2D eigenvalue weighted by Gasteiger charge is -2.16. The van der Waals surface area contributed by atoms with Crippen molar-refractivity contribution in [3.05, 3.63) is 57.1 Å². The number of benzene rings is 2. The molecule has 0 aliphatic heterocycles. The van der Waals surface area contributed by atoms with E-state index in [2.05, 4.69) is 5.32 Å². The summed E-state index contributed by atoms with van der Waals surface area (Å²) >= 11 is 11.8. The second kappa shape index (κ2) is 7.96. The van der Waals surface area contributed by atoms with Gasteiger partial charge in [0.2, 0.25) is 15.9 Å². The lowest BCUT2D eigenvalue weighted by molar-refractivity contribution is -0.115. The monoisotopic (exact) mass is 414 g/mol. The molecule has 2 aromatic rings. The number of anilines is 1. The SMILES string of the molecule is Cc1cc(S(=O)(=O)N(C)C)cc(NC(=O)Cc2ccc(Cl)c(Cl)c2)c1C. The van der Waals surface area contributed by atoms with Crippen molar-refractivity contribution in [2.45, 2.75) is 25.2 Å². The number of hydrogen-bond donors (Lipinski definition) is 1. The normalized spacial score (nSPS) is 11.7. The summed E-state index contributed by atoms with van der Waals surface area (Å²) in [7, 11) is -0.663. The number of carbonyl (C=O) groups is 1. The highest BCUT2D eigenvalue weighted by Gasteiger charge is 2.20. The molecule has 140 valence electrons. The van der Waals surface area contributed by atoms with Crippen LogP contribution in [0.4, 0.5) is 5.69 Å². The Morgan fingerprint density at radius 3 is 2.31 bits per heavy atom. The van der Waals surface area contributed by atoms with E-state index in [-0.39, 0.29) is 17.2 Å². The zero-order chi connectivity index (χ0) is 19.6. The molecule has 2 rings (SSSR count). The van der Waals surface area contributed by atoms with Gasteiger partial charge in [0, 0.05) is 19.8 Å². The maximum Gasteiger partial charge on any atom is 0.242 e. The first-order valence-electron chi connectivity index (χ1n) is 7.80. The molecular formula is C18H20Cl2N2O3S. The molecule has 0 aliphatic rings. The molecule has 0 spiro atoms. The maximum absolute atomic E-state index is 12.4. The molecule has 1 amide bonds. The summed E-state index contributed by atoms with van der Waals surface area (Å²) in [6, 6.07) is 8.06. The van der Waals surface area contributed by atoms with Gasteiger partial charge >= 0.3 is 0 Å². The van der Waals surface area contributed by atoms with Crippen LogP contribution < -0.4 is 5.32 Å². The highest BCUT2D eigenvalue weighted by Crippen LogP contribution is 2.26. The van der Waals surface area contributed by atoms with Crippen LogP contribution in [0.3, 0.4) is 0 Å². The molecule has 0 saturated carbocycles. The first-order valence-corrected chi connectivity index (χ1v) is 9.99. The zero-order valence-corrected chi connectivity index (χ0v) is 17.3. The van der Waals surface area contributed by atoms with Gasteiger partial charge in [-0.25, -0.2) is 12.7 Å². The Kier molecular flexibility index (Phi) is 6.34. The van der Waals surface area contributed by atoms with Gasteiger partial charge in [-0.15, -0.1) is 0 Å². The van der Waals surface area contributed by atoms with Crippen LogP contribution in [0.1, 0.15) is 16.7 Å². The predicted molar refractivity (Wildman–Crippen MR) is 106 cm³/mol. The summed E-state index contributed by atoms with van der Waals surface area (Å²) in [5, 5.41) is 3.59. The van der Waals surface area contributed by atoms with Gasteiger partial charge < -0.3 is 5.32 Å². The Hall–Kier alpha value is -1.60. The lowest BCUT2D eigenvalue weighted by atomic mass is 10.1. The van der Waals surface area contributed by atoms with E-state index in [1.165, 1.54) is 20.2 Å². The molecule has 5 nitrogen and oxygen atoms in total. The van der Waals surface area contributed by atoms with Gasteiger partial charge in [0.1, 0.15) is 0 Å². The Morgan fingerprint density at radius 2 is 1.73 bits per heavy atom. The second-order valence-corrected chi connectivity index (χ2v) is 9.14. The summed E-state index contributed by atoms with van der Waals surface area (Å²) in [4.78, 5) is 12.5. The minimum absolute atomic E-state index is 0.0973. The van der Waals surface area contributed by atoms with Crippen LogP contribution >= 0.6 is 23.2 Å². The molecule has 0 bridgehead atoms. The third-order valence-corrected chi connectivity index (χ3v) is 6.57. The predicted octanol–water partition coefficient (Wildman–Crippen LogP) is 4.04. The van der Waals surface area contributed by atoms with E-state index >= 15 is 0 Å². The molecule has 0 aliphatic carbocycles. The number of amides is 1. The van der Waals surface area contributed by atoms with Crippen molar-refractivity contribution in [2.75, 3.05) is 19.4 Å². The molecule has 0 radical (unpaired) electrons. The van der Waals surface area contributed by atoms with E-state index < -0.39 is 10.0 Å². The van der Waals surface area contributed by atoms with Crippen LogP contribution in [-0.2, 0) is 21.2 Å². The van der Waals surface area contributed by atoms with E-state index in [4.69, 9.17) is 23.2 Å². The van der Waals surface area contributed by atoms with E-state index in [1.807, 2.05) is 6.92 Å². The van der Waals surface area contributed by atoms with Crippen LogP contribution in [0, 0.1) is 13.8 Å². The van der Waals surface area contributed by atoms with Crippen molar-refractivity contribution in [1.29, 1.82) is 0 Å². The first-order chi connectivity index (χ1) is 12.0. The van der Waals surface area contributed by atoms with Crippen molar-refractivity contribution in [2.24, 2.45) is 0 Å². The third kappa shape index (κ3) is 4.57. The average Bonchev–Trinajstić information content (AvgIpc) is 2.54. The molecule has 1 N–H and O–H groups in total. The number of nitrogens with one attached hydrogen (secondary N) is 1. The van der Waals surface area contributed by atoms with Crippen LogP contribution in [0.25, 0.3) is 0 Å². The largest absolute Gasteiger partial charge is 0.326 e. The van der Waals surface area contributed by atoms with Crippen molar-refractivity contribution in [3.8, 4) is 0 Å². The maximum atomic E-state index is 12.4. The van der Waals surface area contributed by atoms with Gasteiger partial charge in [-0.3, -0.25) is 4.79 Å². The molecule has 26 heavy (non-hydrogen) atoms. The van der Waals surface area contributed by atoms with Crippen LogP contribution in [0.2, 0.25) is 10.0 Å². The number of halogens is 2. The minimum Gasteiger partial charge on any atom is -0.326 e. The fourth-order valence-corrected chi connectivity index (χ4v) is 3.68. The number of hydrogen-bond acceptors (Lipinski definition) is 3. The van der Waals surface area contributed by atoms with Crippen molar-refractivity contribution < 1.29 is 13.2 Å². The van der Waals surface area contributed by atoms with Gasteiger partial charge in [0.15, 0.2) is 0 Å². The summed E-state index contributed by atoms with van der Waals surface area (Å²) < 4.78 is 25.9. The average molecular weight is 415 g/mol. The molecule has 0 fully saturated rings. The fraction of sp³-hybridized carbons (Fsp3) is 0.278. The van der Waals surface area contributed by atoms with Crippen LogP contribution in [-0.4, -0.2) is 32.7 Å². The zero-order valence-electron chi connectivity index (χ0n) is 14.9. The summed E-state index contributed by atoms with van der Waals surface area (Å²) in [6.45, 7) is 3.63. The minimum atomic E-state index is -3.59. The Balaban J connectivity index is 2.29. The first kappa shape index (κ1) is 20.7. The number of aryl methyl sites for hydroxylation is 1. The highest BCUT2D eigenvalue weighted by atomic mass is 35.5. The van der Waals surface area contributed by atoms with E-state index in [0.717, 1.165) is 15.4 Å². The number of rotatable bonds is 5. The lowest BCUT2D eigenvalue weighted by Crippen LogP contribution is -2.23. The molecule has 2 aromatic carbocycles. The highest BCUT2D eigenvalue weighted by molar-refractivity contribution is 7.89. The van der Waals surface area contributed by atoms with Crippen LogP contribution in [0.5, 0.6) is 0 Å². The molecule has 0 heterocycles. The van der Waals surface area contributed by atoms with Gasteiger partial charge in [-0.05, 0) is 54.8 Å². The fourth-order valence-electron chi connectivity index (χ4n) is 2.35. The second-order valence-electron chi connectivity index (χ2n) is 6.17. The van der Waals surface area contributed by atoms with E-state index in [1.54, 1.807) is 31.2 Å². The van der Waals surface area contributed by atoms with Gasteiger partial charge in [0.25, 0.3) is 0 Å². The molecule has 0 unspecified atom stereocenters. The summed E-state index contributed by atoms with van der Waals surface area (Å²) in [5.41, 5.74) is 2.77. The smallest absolute Gasteiger partial charge is 0.242 e. The van der Waals surface area contributed by atoms with Crippen molar-refractivity contribution in [1.82, 2.24) is 4.31 Å². The summed E-state index contributed by atoms with van der Waals surface area (Å²) in [5.74, 6) is -0.273. The topological polar surface area (TPSA) is 66.5 Å². The standard InChI is InChI=1S/C18H20Cl2N2O3S/c1-11-7-14(26(24,25)22(3)4)10-17(12(11)2)21-18(23)9-13-5-6-15(19)16(20)8-13/h5-8,10H,9H2,1-4H3,(H,21,23). The molecule has 0 saturated heterocycles. The molecule has 8 heteroatoms. The molecule has 0 aromatic heterocycles. The molecular weight excluding hydrogens is 395 g/mol. The van der Waals surface area contributed by atoms with E-state index in [0.29, 0.717) is 21.3 Å². The number of sulfonamides is 1. The van der Waals surface area contributed by atoms with Gasteiger partial charge in [0.05, 0.1) is 21.4 Å². The Morgan fingerprint density at radius 1 is 1.08 bits per heavy atom. The summed E-state index contributed by atoms with van der Waals surface area (Å²) in [6.07, 6.45) is 0.0973. The Labute approximate surface area is 164 Å². The third-order valence-electron chi connectivity index (χ3n) is 4.04. The van der Waals surface area contributed by atoms with Crippen molar-refractivity contribution >= 4 is 44.8 Å². The quantitative estimate of drug-likeness (QED) is 0.802.